The molecular weight excluding hydrogens is 360 g/mol. The average molecular weight is 393 g/mol. The van der Waals surface area contributed by atoms with E-state index in [9.17, 15) is 13.2 Å². The molecule has 150 valence electrons. The van der Waals surface area contributed by atoms with Crippen molar-refractivity contribution in [3.63, 3.8) is 0 Å². The molecule has 1 aromatic rings. The third kappa shape index (κ3) is 4.91. The van der Waals surface area contributed by atoms with Crippen LogP contribution in [0.5, 0.6) is 0 Å². The smallest absolute Gasteiger partial charge is 0.230 e. The fourth-order valence-corrected chi connectivity index (χ4v) is 5.22. The molecule has 1 aliphatic carbocycles. The Morgan fingerprint density at radius 1 is 1.19 bits per heavy atom. The minimum atomic E-state index is -2.92. The van der Waals surface area contributed by atoms with Crippen LogP contribution in [0.1, 0.15) is 49.7 Å². The van der Waals surface area contributed by atoms with Crippen molar-refractivity contribution in [2.24, 2.45) is 0 Å². The van der Waals surface area contributed by atoms with Gasteiger partial charge in [0, 0.05) is 31.9 Å². The number of benzene rings is 1. The summed E-state index contributed by atoms with van der Waals surface area (Å²) in [6.07, 6.45) is 7.12. The number of aryl methyl sites for hydroxylation is 1. The molecule has 1 saturated carbocycles. The van der Waals surface area contributed by atoms with Gasteiger partial charge in [0.1, 0.15) is 9.84 Å². The van der Waals surface area contributed by atoms with Crippen LogP contribution in [0.25, 0.3) is 0 Å². The van der Waals surface area contributed by atoms with Gasteiger partial charge in [0.05, 0.1) is 11.2 Å². The normalized spacial score (nSPS) is 21.3. The predicted octanol–water partition coefficient (Wildman–Crippen LogP) is 2.43. The van der Waals surface area contributed by atoms with E-state index < -0.39 is 9.84 Å². The van der Waals surface area contributed by atoms with Gasteiger partial charge in [0.25, 0.3) is 0 Å². The molecule has 1 aromatic carbocycles. The summed E-state index contributed by atoms with van der Waals surface area (Å²) in [5.74, 6) is 0.393. The second-order valence-electron chi connectivity index (χ2n) is 8.32. The van der Waals surface area contributed by atoms with Gasteiger partial charge in [0.15, 0.2) is 0 Å². The van der Waals surface area contributed by atoms with Crippen LogP contribution in [-0.2, 0) is 20.0 Å². The number of amides is 1. The first kappa shape index (κ1) is 20.3. The van der Waals surface area contributed by atoms with Gasteiger partial charge in [-0.15, -0.1) is 0 Å². The molecule has 0 radical (unpaired) electrons. The minimum Gasteiger partial charge on any atom is -0.353 e. The molecule has 3 rings (SSSR count). The number of nitrogens with zero attached hydrogens (tertiary/aromatic N) is 1. The monoisotopic (exact) mass is 392 g/mol. The summed E-state index contributed by atoms with van der Waals surface area (Å²) in [4.78, 5) is 15.5. The lowest BCUT2D eigenvalue weighted by Crippen LogP contribution is -2.51. The fourth-order valence-electron chi connectivity index (χ4n) is 4.63. The van der Waals surface area contributed by atoms with Gasteiger partial charge in [-0.3, -0.25) is 4.79 Å². The largest absolute Gasteiger partial charge is 0.353 e. The molecule has 27 heavy (non-hydrogen) atoms. The Kier molecular flexibility index (Phi) is 6.26. The van der Waals surface area contributed by atoms with E-state index in [1.165, 1.54) is 17.4 Å². The van der Waals surface area contributed by atoms with Crippen LogP contribution in [0.2, 0.25) is 0 Å². The van der Waals surface area contributed by atoms with Crippen LogP contribution in [0.15, 0.2) is 24.3 Å². The number of hydrogen-bond acceptors (Lipinski definition) is 4. The first-order chi connectivity index (χ1) is 12.8. The maximum atomic E-state index is 13.3. The van der Waals surface area contributed by atoms with E-state index in [4.69, 9.17) is 0 Å². The standard InChI is InChI=1S/C21H32N2O3S/c1-17-7-3-4-8-19(17)21(11-5-6-12-21)20(24)22-18-9-13-23(14-10-18)15-16-27(2,25)26/h3-4,7-8,18H,5-6,9-16H2,1-2H3,(H,22,24). The maximum Gasteiger partial charge on any atom is 0.230 e. The number of sulfone groups is 1. The van der Waals surface area contributed by atoms with Gasteiger partial charge in [0.2, 0.25) is 5.91 Å². The summed E-state index contributed by atoms with van der Waals surface area (Å²) in [6.45, 7) is 4.38. The highest BCUT2D eigenvalue weighted by molar-refractivity contribution is 7.90. The van der Waals surface area contributed by atoms with Crippen LogP contribution in [0, 0.1) is 6.92 Å². The molecule has 0 bridgehead atoms. The summed E-state index contributed by atoms with van der Waals surface area (Å²) in [7, 11) is -2.92. The van der Waals surface area contributed by atoms with Crippen molar-refractivity contribution in [2.75, 3.05) is 31.6 Å². The van der Waals surface area contributed by atoms with Crippen LogP contribution >= 0.6 is 0 Å². The summed E-state index contributed by atoms with van der Waals surface area (Å²) in [6, 6.07) is 8.48. The van der Waals surface area contributed by atoms with E-state index in [0.29, 0.717) is 6.54 Å². The average Bonchev–Trinajstić information content (AvgIpc) is 3.12. The molecule has 6 heteroatoms. The van der Waals surface area contributed by atoms with E-state index >= 15 is 0 Å². The Morgan fingerprint density at radius 3 is 2.41 bits per heavy atom. The zero-order valence-corrected chi connectivity index (χ0v) is 17.4. The Labute approximate surface area is 163 Å². The minimum absolute atomic E-state index is 0.184. The van der Waals surface area contributed by atoms with Crippen LogP contribution in [0.3, 0.4) is 0 Å². The van der Waals surface area contributed by atoms with Gasteiger partial charge in [-0.25, -0.2) is 8.42 Å². The molecule has 1 aliphatic heterocycles. The number of nitrogens with one attached hydrogen (secondary N) is 1. The van der Waals surface area contributed by atoms with Crippen LogP contribution in [0.4, 0.5) is 0 Å². The number of rotatable bonds is 6. The lowest BCUT2D eigenvalue weighted by molar-refractivity contribution is -0.127. The van der Waals surface area contributed by atoms with Crippen LogP contribution < -0.4 is 5.32 Å². The molecular formula is C21H32N2O3S. The van der Waals surface area contributed by atoms with E-state index in [0.717, 1.165) is 51.6 Å². The molecule has 5 nitrogen and oxygen atoms in total. The fraction of sp³-hybridized carbons (Fsp3) is 0.667. The summed E-state index contributed by atoms with van der Waals surface area (Å²) >= 11 is 0. The number of carbonyl (C=O) groups excluding carboxylic acids is 1. The zero-order valence-electron chi connectivity index (χ0n) is 16.5. The molecule has 0 unspecified atom stereocenters. The number of carbonyl (C=O) groups is 1. The lowest BCUT2D eigenvalue weighted by atomic mass is 9.75. The number of hydrogen-bond donors (Lipinski definition) is 1. The van der Waals surface area contributed by atoms with Gasteiger partial charge in [-0.05, 0) is 43.7 Å². The molecule has 1 heterocycles. The van der Waals surface area contributed by atoms with E-state index in [2.05, 4.69) is 29.3 Å². The maximum absolute atomic E-state index is 13.3. The van der Waals surface area contributed by atoms with Crippen molar-refractivity contribution in [1.82, 2.24) is 10.2 Å². The molecule has 0 aromatic heterocycles. The van der Waals surface area contributed by atoms with Crippen molar-refractivity contribution in [2.45, 2.75) is 56.9 Å². The topological polar surface area (TPSA) is 66.5 Å². The molecule has 1 N–H and O–H groups in total. The second kappa shape index (κ2) is 8.31. The second-order valence-corrected chi connectivity index (χ2v) is 10.6. The van der Waals surface area contributed by atoms with Crippen molar-refractivity contribution >= 4 is 15.7 Å². The van der Waals surface area contributed by atoms with E-state index in [1.807, 2.05) is 12.1 Å². The SMILES string of the molecule is Cc1ccccc1C1(C(=O)NC2CCN(CCS(C)(=O)=O)CC2)CCCC1. The molecule has 0 atom stereocenters. The molecule has 1 amide bonds. The zero-order chi connectivity index (χ0) is 19.5. The Hall–Kier alpha value is -1.40. The first-order valence-electron chi connectivity index (χ1n) is 10.1. The van der Waals surface area contributed by atoms with Crippen LogP contribution in [-0.4, -0.2) is 56.9 Å². The van der Waals surface area contributed by atoms with Crippen molar-refractivity contribution < 1.29 is 13.2 Å². The van der Waals surface area contributed by atoms with Crippen molar-refractivity contribution in [1.29, 1.82) is 0 Å². The molecule has 1 saturated heterocycles. The van der Waals surface area contributed by atoms with E-state index in [1.54, 1.807) is 0 Å². The van der Waals surface area contributed by atoms with Gasteiger partial charge < -0.3 is 10.2 Å². The highest BCUT2D eigenvalue weighted by Crippen LogP contribution is 2.42. The van der Waals surface area contributed by atoms with Gasteiger partial charge in [-0.2, -0.15) is 0 Å². The third-order valence-corrected chi connectivity index (χ3v) is 7.18. The Balaban J connectivity index is 1.61. The first-order valence-corrected chi connectivity index (χ1v) is 12.1. The highest BCUT2D eigenvalue weighted by atomic mass is 32.2. The Bertz CT molecular complexity index is 761. The van der Waals surface area contributed by atoms with Crippen molar-refractivity contribution in [3.8, 4) is 0 Å². The molecule has 2 aliphatic rings. The quantitative estimate of drug-likeness (QED) is 0.807. The Morgan fingerprint density at radius 2 is 1.81 bits per heavy atom. The summed E-state index contributed by atoms with van der Waals surface area (Å²) < 4.78 is 22.7. The van der Waals surface area contributed by atoms with E-state index in [-0.39, 0.29) is 23.1 Å². The van der Waals surface area contributed by atoms with Gasteiger partial charge >= 0.3 is 0 Å². The molecule has 0 spiro atoms. The lowest BCUT2D eigenvalue weighted by Gasteiger charge is -2.36. The highest BCUT2D eigenvalue weighted by Gasteiger charge is 2.44. The molecule has 2 fully saturated rings. The third-order valence-electron chi connectivity index (χ3n) is 6.25. The summed E-state index contributed by atoms with van der Waals surface area (Å²) in [5, 5.41) is 3.34. The van der Waals surface area contributed by atoms with Gasteiger partial charge in [-0.1, -0.05) is 37.1 Å². The summed E-state index contributed by atoms with van der Waals surface area (Å²) in [5.41, 5.74) is 2.01. The number of piperidine rings is 1. The number of likely N-dealkylation sites (tertiary alicyclic amines) is 1. The van der Waals surface area contributed by atoms with Crippen molar-refractivity contribution in [3.05, 3.63) is 35.4 Å². The predicted molar refractivity (Wildman–Crippen MR) is 109 cm³/mol.